The van der Waals surface area contributed by atoms with E-state index in [-0.39, 0.29) is 47.6 Å². The molecule has 17 heteroatoms. The van der Waals surface area contributed by atoms with E-state index < -0.39 is 62.3 Å². The van der Waals surface area contributed by atoms with E-state index in [4.69, 9.17) is 23.2 Å². The highest BCUT2D eigenvalue weighted by Crippen LogP contribution is 2.54. The summed E-state index contributed by atoms with van der Waals surface area (Å²) in [6.45, 7) is 3.41. The van der Waals surface area contributed by atoms with Gasteiger partial charge < -0.3 is 20.4 Å². The number of rotatable bonds is 6. The zero-order chi connectivity index (χ0) is 30.6. The summed E-state index contributed by atoms with van der Waals surface area (Å²) < 4.78 is 95.1. The molecule has 222 valence electrons. The lowest BCUT2D eigenvalue weighted by Crippen LogP contribution is -2.54. The number of halogens is 9. The average Bonchev–Trinajstić information content (AvgIpc) is 3.40. The van der Waals surface area contributed by atoms with Crippen molar-refractivity contribution in [3.8, 4) is 10.4 Å². The Balaban J connectivity index is 2.18. The minimum Gasteiger partial charge on any atom is -0.389 e. The molecule has 1 aromatic carbocycles. The number of alkyl halides is 7. The number of carbonyl (C=O) groups excluding carboxylic acids is 2. The number of nitrogens with one attached hydrogen (secondary N) is 1. The maximum atomic E-state index is 14.4. The molecule has 1 aliphatic heterocycles. The number of nitrogens with zero attached hydrogens (tertiary/aromatic N) is 2. The number of amides is 2. The number of hydrogen-bond donors (Lipinski definition) is 3. The highest BCUT2D eigenvalue weighted by atomic mass is 35.5. The van der Waals surface area contributed by atoms with E-state index in [0.29, 0.717) is 17.4 Å². The third-order valence-electron chi connectivity index (χ3n) is 5.95. The van der Waals surface area contributed by atoms with E-state index >= 15 is 0 Å². The van der Waals surface area contributed by atoms with E-state index in [1.165, 1.54) is 20.8 Å². The zero-order valence-corrected chi connectivity index (χ0v) is 23.2. The van der Waals surface area contributed by atoms with Crippen LogP contribution in [0.1, 0.15) is 53.0 Å². The first-order chi connectivity index (χ1) is 18.0. The molecule has 2 heterocycles. The number of likely N-dealkylation sites (tertiary alicyclic amines) is 1. The molecule has 0 radical (unpaired) electrons. The van der Waals surface area contributed by atoms with E-state index in [1.54, 1.807) is 0 Å². The lowest BCUT2D eigenvalue weighted by molar-refractivity contribution is -0.376. The topological polar surface area (TPSA) is 103 Å². The molecule has 1 aromatic heterocycles. The van der Waals surface area contributed by atoms with Gasteiger partial charge in [-0.15, -0.1) is 11.3 Å². The monoisotopic (exact) mass is 639 g/mol. The predicted octanol–water partition coefficient (Wildman–Crippen LogP) is 5.50. The first-order valence-corrected chi connectivity index (χ1v) is 12.9. The van der Waals surface area contributed by atoms with E-state index in [9.17, 15) is 50.5 Å². The quantitative estimate of drug-likeness (QED) is 0.362. The fraction of sp³-hybridized carbons (Fsp3) is 0.522. The maximum absolute atomic E-state index is 14.4. The summed E-state index contributed by atoms with van der Waals surface area (Å²) in [5.74, 6) is -1.75. The number of benzene rings is 1. The SMILES string of the molecule is CC(C)(O)CNC(=O)c1nc(C(=O)N2CC[C@](C)(F)C2)c(-c2ccc(C(O)(C(F)(F)F)C(F)(F)F)c(Cl)c2Cl)s1. The van der Waals surface area contributed by atoms with Gasteiger partial charge in [-0.25, -0.2) is 9.37 Å². The van der Waals surface area contributed by atoms with Crippen molar-refractivity contribution in [3.05, 3.63) is 38.4 Å². The molecule has 0 spiro atoms. The van der Waals surface area contributed by atoms with Crippen LogP contribution in [0.5, 0.6) is 0 Å². The van der Waals surface area contributed by atoms with E-state index in [2.05, 4.69) is 10.3 Å². The molecule has 1 saturated heterocycles. The largest absolute Gasteiger partial charge is 0.430 e. The third kappa shape index (κ3) is 6.17. The maximum Gasteiger partial charge on any atom is 0.430 e. The van der Waals surface area contributed by atoms with Gasteiger partial charge in [0.15, 0.2) is 5.01 Å². The van der Waals surface area contributed by atoms with Gasteiger partial charge in [0.2, 0.25) is 0 Å². The van der Waals surface area contributed by atoms with Gasteiger partial charge >= 0.3 is 12.4 Å². The van der Waals surface area contributed by atoms with Gasteiger partial charge in [0.1, 0.15) is 11.4 Å². The molecule has 0 saturated carbocycles. The van der Waals surface area contributed by atoms with Crippen molar-refractivity contribution in [3.63, 3.8) is 0 Å². The fourth-order valence-electron chi connectivity index (χ4n) is 3.83. The van der Waals surface area contributed by atoms with Gasteiger partial charge in [-0.05, 0) is 20.8 Å². The summed E-state index contributed by atoms with van der Waals surface area (Å²) >= 11 is 12.5. The number of carbonyl (C=O) groups is 2. The summed E-state index contributed by atoms with van der Waals surface area (Å²) in [6, 6.07) is 0.916. The molecular formula is C23H22Cl2F7N3O4S. The van der Waals surface area contributed by atoms with Gasteiger partial charge in [-0.3, -0.25) is 9.59 Å². The van der Waals surface area contributed by atoms with Crippen LogP contribution in [0.4, 0.5) is 30.7 Å². The number of hydrogen-bond acceptors (Lipinski definition) is 6. The second-order valence-electron chi connectivity index (χ2n) is 10.1. The summed E-state index contributed by atoms with van der Waals surface area (Å²) in [4.78, 5) is 30.8. The van der Waals surface area contributed by atoms with Crippen molar-refractivity contribution in [1.82, 2.24) is 15.2 Å². The Morgan fingerprint density at radius 2 is 1.68 bits per heavy atom. The van der Waals surface area contributed by atoms with Gasteiger partial charge in [-0.1, -0.05) is 35.3 Å². The lowest BCUT2D eigenvalue weighted by atomic mass is 9.91. The van der Waals surface area contributed by atoms with Gasteiger partial charge in [0, 0.05) is 30.6 Å². The van der Waals surface area contributed by atoms with Crippen LogP contribution in [0, 0.1) is 0 Å². The summed E-state index contributed by atoms with van der Waals surface area (Å²) in [6.07, 6.45) is -12.5. The summed E-state index contributed by atoms with van der Waals surface area (Å²) in [5, 5.41) is 19.4. The zero-order valence-electron chi connectivity index (χ0n) is 20.9. The Morgan fingerprint density at radius 3 is 2.15 bits per heavy atom. The minimum atomic E-state index is -6.24. The first kappa shape index (κ1) is 32.3. The van der Waals surface area contributed by atoms with Crippen molar-refractivity contribution in [2.24, 2.45) is 0 Å². The summed E-state index contributed by atoms with van der Waals surface area (Å²) in [5.41, 5.74) is -11.1. The number of thiazole rings is 1. The molecule has 40 heavy (non-hydrogen) atoms. The lowest BCUT2D eigenvalue weighted by Gasteiger charge is -2.33. The van der Waals surface area contributed by atoms with Crippen LogP contribution in [-0.4, -0.2) is 75.2 Å². The third-order valence-corrected chi connectivity index (χ3v) is 7.92. The molecule has 7 nitrogen and oxygen atoms in total. The Labute approximate surface area is 236 Å². The van der Waals surface area contributed by atoms with Crippen LogP contribution in [-0.2, 0) is 5.60 Å². The van der Waals surface area contributed by atoms with Crippen molar-refractivity contribution in [2.75, 3.05) is 19.6 Å². The molecule has 1 fully saturated rings. The molecule has 2 aromatic rings. The van der Waals surface area contributed by atoms with Crippen molar-refractivity contribution >= 4 is 46.4 Å². The highest BCUT2D eigenvalue weighted by molar-refractivity contribution is 7.17. The van der Waals surface area contributed by atoms with Crippen LogP contribution in [0.25, 0.3) is 10.4 Å². The molecular weight excluding hydrogens is 618 g/mol. The second kappa shape index (κ2) is 10.6. The van der Waals surface area contributed by atoms with Crippen LogP contribution in [0.3, 0.4) is 0 Å². The molecule has 1 atom stereocenters. The van der Waals surface area contributed by atoms with Gasteiger partial charge in [0.25, 0.3) is 17.4 Å². The van der Waals surface area contributed by atoms with E-state index in [0.717, 1.165) is 4.90 Å². The Bertz CT molecular complexity index is 1310. The highest BCUT2D eigenvalue weighted by Gasteiger charge is 2.72. The Kier molecular flexibility index (Phi) is 8.54. The van der Waals surface area contributed by atoms with Crippen LogP contribution in [0.15, 0.2) is 12.1 Å². The number of aromatic nitrogens is 1. The van der Waals surface area contributed by atoms with Crippen molar-refractivity contribution in [1.29, 1.82) is 0 Å². The fourth-order valence-corrected chi connectivity index (χ4v) is 5.46. The first-order valence-electron chi connectivity index (χ1n) is 11.3. The summed E-state index contributed by atoms with van der Waals surface area (Å²) in [7, 11) is 0. The molecule has 3 rings (SSSR count). The molecule has 0 aliphatic carbocycles. The van der Waals surface area contributed by atoms with E-state index in [1.807, 2.05) is 0 Å². The average molecular weight is 640 g/mol. The predicted molar refractivity (Wildman–Crippen MR) is 132 cm³/mol. The second-order valence-corrected chi connectivity index (χ2v) is 11.8. The molecule has 3 N–H and O–H groups in total. The Morgan fingerprint density at radius 1 is 1.10 bits per heavy atom. The van der Waals surface area contributed by atoms with Gasteiger partial charge in [0.05, 0.1) is 27.1 Å². The molecule has 0 unspecified atom stereocenters. The molecule has 1 aliphatic rings. The van der Waals surface area contributed by atoms with Crippen LogP contribution in [0.2, 0.25) is 10.0 Å². The normalized spacial score (nSPS) is 18.8. The van der Waals surface area contributed by atoms with Crippen molar-refractivity contribution < 1.29 is 50.5 Å². The smallest absolute Gasteiger partial charge is 0.389 e. The van der Waals surface area contributed by atoms with Gasteiger partial charge in [-0.2, -0.15) is 26.3 Å². The standard InChI is InChI=1S/C23H22Cl2F7N3O4S/c1-19(2,38)8-33-16(36)17-34-14(18(37)35-7-6-20(3,26)9-35)15(40-17)10-4-5-11(13(25)12(10)24)21(39,22(27,28)29)23(30,31)32/h4-5,38-39H,6-9H2,1-3H3,(H,33,36)/t20-/m0/s1. The van der Waals surface area contributed by atoms with Crippen LogP contribution < -0.4 is 5.32 Å². The minimum absolute atomic E-state index is 0.0219. The Hall–Kier alpha value is -2.20. The number of aliphatic hydroxyl groups is 2. The molecule has 0 bridgehead atoms. The van der Waals surface area contributed by atoms with Crippen LogP contribution >= 0.6 is 34.5 Å². The van der Waals surface area contributed by atoms with Crippen molar-refractivity contribution in [2.45, 2.75) is 56.4 Å². The molecule has 2 amide bonds.